The van der Waals surface area contributed by atoms with Crippen molar-refractivity contribution in [2.75, 3.05) is 0 Å². The van der Waals surface area contributed by atoms with E-state index in [0.717, 1.165) is 0 Å². The quantitative estimate of drug-likeness (QED) is 0.537. The Bertz CT molecular complexity index is 338. The number of hydrogen-bond donors (Lipinski definition) is 2. The van der Waals surface area contributed by atoms with Crippen LogP contribution in [0.15, 0.2) is 42.5 Å². The number of rotatable bonds is 2. The van der Waals surface area contributed by atoms with Gasteiger partial charge in [0.2, 0.25) is 0 Å². The third kappa shape index (κ3) is 2.67. The van der Waals surface area contributed by atoms with Gasteiger partial charge in [0.1, 0.15) is 11.5 Å². The summed E-state index contributed by atoms with van der Waals surface area (Å²) in [6.07, 6.45) is 5.13. The van der Waals surface area contributed by atoms with Crippen LogP contribution in [0.25, 0.3) is 5.76 Å². The Kier molecular flexibility index (Phi) is 3.15. The molecule has 13 heavy (non-hydrogen) atoms. The number of aliphatic hydroxyl groups excluding tert-OH is 1. The molecule has 0 amide bonds. The zero-order valence-electron chi connectivity index (χ0n) is 7.44. The number of hydrogen-bond acceptors (Lipinski definition) is 2. The van der Waals surface area contributed by atoms with E-state index >= 15 is 0 Å². The average Bonchev–Trinajstić information content (AvgIpc) is 2.14. The maximum Gasteiger partial charge on any atom is 0.122 e. The topological polar surface area (TPSA) is 40.5 Å². The summed E-state index contributed by atoms with van der Waals surface area (Å²) in [5.74, 6) is 0.298. The van der Waals surface area contributed by atoms with Gasteiger partial charge in [-0.15, -0.1) is 0 Å². The predicted octanol–water partition coefficient (Wildman–Crippen LogP) is 2.87. The first kappa shape index (κ1) is 9.39. The van der Waals surface area contributed by atoms with Crippen LogP contribution in [0.4, 0.5) is 0 Å². The fraction of sp³-hybridized carbons (Fsp3) is 0.0909. The monoisotopic (exact) mass is 176 g/mol. The molecule has 0 aliphatic rings. The molecule has 0 bridgehead atoms. The lowest BCUT2D eigenvalue weighted by atomic mass is 10.1. The van der Waals surface area contributed by atoms with Gasteiger partial charge < -0.3 is 10.2 Å². The van der Waals surface area contributed by atoms with E-state index in [-0.39, 0.29) is 11.5 Å². The maximum absolute atomic E-state index is 9.47. The molecule has 0 spiro atoms. The van der Waals surface area contributed by atoms with Crippen molar-refractivity contribution in [2.45, 2.75) is 6.92 Å². The molecule has 0 unspecified atom stereocenters. The summed E-state index contributed by atoms with van der Waals surface area (Å²) >= 11 is 0. The maximum atomic E-state index is 9.47. The van der Waals surface area contributed by atoms with E-state index in [0.29, 0.717) is 5.56 Å². The zero-order chi connectivity index (χ0) is 9.68. The molecular weight excluding hydrogens is 164 g/mol. The van der Waals surface area contributed by atoms with Gasteiger partial charge in [-0.05, 0) is 25.1 Å². The summed E-state index contributed by atoms with van der Waals surface area (Å²) < 4.78 is 0. The summed E-state index contributed by atoms with van der Waals surface area (Å²) in [5.41, 5.74) is 0.609. The Morgan fingerprint density at radius 2 is 2.15 bits per heavy atom. The second-order valence-corrected chi connectivity index (χ2v) is 2.63. The lowest BCUT2D eigenvalue weighted by Gasteiger charge is -1.99. The van der Waals surface area contributed by atoms with Gasteiger partial charge >= 0.3 is 0 Å². The Morgan fingerprint density at radius 1 is 1.38 bits per heavy atom. The summed E-state index contributed by atoms with van der Waals surface area (Å²) in [4.78, 5) is 0. The molecule has 1 rings (SSSR count). The molecule has 0 aliphatic carbocycles. The van der Waals surface area contributed by atoms with Gasteiger partial charge in [0.05, 0.1) is 0 Å². The van der Waals surface area contributed by atoms with Crippen LogP contribution in [0, 0.1) is 0 Å². The van der Waals surface area contributed by atoms with Crippen LogP contribution >= 0.6 is 0 Å². The van der Waals surface area contributed by atoms with Crippen molar-refractivity contribution >= 4 is 5.76 Å². The lowest BCUT2D eigenvalue weighted by Crippen LogP contribution is -1.80. The van der Waals surface area contributed by atoms with Crippen molar-refractivity contribution in [3.05, 3.63) is 48.1 Å². The van der Waals surface area contributed by atoms with Crippen LogP contribution < -0.4 is 0 Å². The Labute approximate surface area is 77.5 Å². The molecule has 0 fully saturated rings. The van der Waals surface area contributed by atoms with Gasteiger partial charge in [-0.25, -0.2) is 0 Å². The van der Waals surface area contributed by atoms with Crippen LogP contribution in [0.1, 0.15) is 12.5 Å². The van der Waals surface area contributed by atoms with Crippen LogP contribution in [0.3, 0.4) is 0 Å². The minimum absolute atomic E-state index is 0.147. The lowest BCUT2D eigenvalue weighted by molar-refractivity contribution is 0.472. The van der Waals surface area contributed by atoms with Crippen LogP contribution in [-0.4, -0.2) is 10.2 Å². The van der Waals surface area contributed by atoms with Gasteiger partial charge in [-0.2, -0.15) is 0 Å². The first-order valence-corrected chi connectivity index (χ1v) is 4.05. The van der Waals surface area contributed by atoms with Gasteiger partial charge in [0.25, 0.3) is 0 Å². The predicted molar refractivity (Wildman–Crippen MR) is 53.5 cm³/mol. The van der Waals surface area contributed by atoms with Crippen molar-refractivity contribution in [1.82, 2.24) is 0 Å². The molecule has 0 atom stereocenters. The SMILES string of the molecule is C/C=C\C=C(\O)c1cccc(O)c1. The van der Waals surface area contributed by atoms with Crippen LogP contribution in [0.2, 0.25) is 0 Å². The Hall–Kier alpha value is -1.70. The summed E-state index contributed by atoms with van der Waals surface area (Å²) in [6, 6.07) is 6.49. The van der Waals surface area contributed by atoms with Crippen LogP contribution in [-0.2, 0) is 0 Å². The molecule has 1 aromatic carbocycles. The van der Waals surface area contributed by atoms with Crippen molar-refractivity contribution in [2.24, 2.45) is 0 Å². The van der Waals surface area contributed by atoms with E-state index in [4.69, 9.17) is 5.11 Å². The molecular formula is C11H12O2. The van der Waals surface area contributed by atoms with Gasteiger partial charge in [0.15, 0.2) is 0 Å². The Morgan fingerprint density at radius 3 is 2.77 bits per heavy atom. The van der Waals surface area contributed by atoms with E-state index in [1.54, 1.807) is 30.4 Å². The van der Waals surface area contributed by atoms with Gasteiger partial charge in [-0.3, -0.25) is 0 Å². The number of allylic oxidation sites excluding steroid dienone is 3. The molecule has 2 heteroatoms. The highest BCUT2D eigenvalue weighted by atomic mass is 16.3. The number of aromatic hydroxyl groups is 1. The van der Waals surface area contributed by atoms with E-state index in [9.17, 15) is 5.11 Å². The zero-order valence-corrected chi connectivity index (χ0v) is 7.44. The van der Waals surface area contributed by atoms with Crippen molar-refractivity contribution in [1.29, 1.82) is 0 Å². The summed E-state index contributed by atoms with van der Waals surface area (Å²) in [6.45, 7) is 1.87. The summed E-state index contributed by atoms with van der Waals surface area (Å²) in [7, 11) is 0. The largest absolute Gasteiger partial charge is 0.508 e. The van der Waals surface area contributed by atoms with E-state index in [1.165, 1.54) is 6.07 Å². The minimum Gasteiger partial charge on any atom is -0.508 e. The molecule has 2 N–H and O–H groups in total. The molecule has 0 radical (unpaired) electrons. The minimum atomic E-state index is 0.147. The molecule has 0 aliphatic heterocycles. The highest BCUT2D eigenvalue weighted by molar-refractivity contribution is 5.61. The number of phenolic OH excluding ortho intramolecular Hbond substituents is 1. The molecule has 1 aromatic rings. The second kappa shape index (κ2) is 4.36. The van der Waals surface area contributed by atoms with E-state index < -0.39 is 0 Å². The third-order valence-corrected chi connectivity index (χ3v) is 1.59. The molecule has 0 heterocycles. The normalized spacial score (nSPS) is 12.2. The van der Waals surface area contributed by atoms with Crippen molar-refractivity contribution in [3.8, 4) is 5.75 Å². The van der Waals surface area contributed by atoms with Crippen molar-refractivity contribution in [3.63, 3.8) is 0 Å². The molecule has 0 saturated heterocycles. The number of aliphatic hydroxyl groups is 1. The second-order valence-electron chi connectivity index (χ2n) is 2.63. The fourth-order valence-corrected chi connectivity index (χ4v) is 0.949. The van der Waals surface area contributed by atoms with E-state index in [1.807, 2.05) is 13.0 Å². The summed E-state index contributed by atoms with van der Waals surface area (Å²) in [5, 5.41) is 18.6. The highest BCUT2D eigenvalue weighted by Gasteiger charge is 1.97. The highest BCUT2D eigenvalue weighted by Crippen LogP contribution is 2.16. The number of benzene rings is 1. The van der Waals surface area contributed by atoms with Gasteiger partial charge in [0, 0.05) is 5.56 Å². The van der Waals surface area contributed by atoms with E-state index in [2.05, 4.69) is 0 Å². The Balaban J connectivity index is 2.94. The molecule has 0 saturated carbocycles. The smallest absolute Gasteiger partial charge is 0.122 e. The fourth-order valence-electron chi connectivity index (χ4n) is 0.949. The van der Waals surface area contributed by atoms with Crippen LogP contribution in [0.5, 0.6) is 5.75 Å². The molecule has 0 aromatic heterocycles. The first-order valence-electron chi connectivity index (χ1n) is 4.05. The van der Waals surface area contributed by atoms with Crippen molar-refractivity contribution < 1.29 is 10.2 Å². The third-order valence-electron chi connectivity index (χ3n) is 1.59. The molecule has 68 valence electrons. The first-order chi connectivity index (χ1) is 6.24. The average molecular weight is 176 g/mol. The molecule has 2 nitrogen and oxygen atoms in total. The standard InChI is InChI=1S/C11H12O2/c1-2-3-7-11(13)9-5-4-6-10(12)8-9/h2-8,12-13H,1H3/b3-2-,11-7+. The number of phenols is 1. The van der Waals surface area contributed by atoms with Gasteiger partial charge in [-0.1, -0.05) is 24.3 Å².